The van der Waals surface area contributed by atoms with E-state index in [1.54, 1.807) is 60.7 Å². The largest absolute Gasteiger partial charge is 0.490 e. The van der Waals surface area contributed by atoms with E-state index in [1.165, 1.54) is 6.08 Å². The number of imide groups is 2. The number of nitrogens with one attached hydrogen (secondary N) is 1. The van der Waals surface area contributed by atoms with Crippen molar-refractivity contribution in [1.82, 2.24) is 5.32 Å². The van der Waals surface area contributed by atoms with Crippen LogP contribution in [-0.4, -0.2) is 24.5 Å². The van der Waals surface area contributed by atoms with Crippen molar-refractivity contribution >= 4 is 52.8 Å². The van der Waals surface area contributed by atoms with Crippen molar-refractivity contribution in [3.63, 3.8) is 0 Å². The third kappa shape index (κ3) is 5.53. The van der Waals surface area contributed by atoms with Crippen molar-refractivity contribution in [3.05, 3.63) is 93.0 Å². The van der Waals surface area contributed by atoms with Gasteiger partial charge in [0.05, 0.1) is 12.3 Å². The maximum atomic E-state index is 13.1. The number of benzene rings is 3. The lowest BCUT2D eigenvalue weighted by Gasteiger charge is -2.26. The summed E-state index contributed by atoms with van der Waals surface area (Å²) in [6, 6.07) is 16.2. The summed E-state index contributed by atoms with van der Waals surface area (Å²) < 4.78 is 11.6. The molecule has 3 aromatic rings. The molecule has 0 atom stereocenters. The van der Waals surface area contributed by atoms with Crippen LogP contribution in [0, 0.1) is 6.92 Å². The second-order valence-corrected chi connectivity index (χ2v) is 8.80. The number of amides is 4. The third-order valence-corrected chi connectivity index (χ3v) is 5.96. The van der Waals surface area contributed by atoms with Gasteiger partial charge in [0.25, 0.3) is 11.8 Å². The second-order valence-electron chi connectivity index (χ2n) is 7.96. The molecule has 1 N–H and O–H groups in total. The van der Waals surface area contributed by atoms with E-state index in [9.17, 15) is 14.4 Å². The van der Waals surface area contributed by atoms with Gasteiger partial charge in [-0.05, 0) is 61.9 Å². The van der Waals surface area contributed by atoms with Crippen molar-refractivity contribution in [1.29, 1.82) is 0 Å². The van der Waals surface area contributed by atoms with Gasteiger partial charge in [0.2, 0.25) is 0 Å². The van der Waals surface area contributed by atoms with Crippen LogP contribution in [0.4, 0.5) is 10.5 Å². The number of urea groups is 1. The van der Waals surface area contributed by atoms with E-state index in [0.717, 1.165) is 16.0 Å². The monoisotopic (exact) mass is 524 g/mol. The van der Waals surface area contributed by atoms with E-state index in [-0.39, 0.29) is 12.2 Å². The molecule has 36 heavy (non-hydrogen) atoms. The summed E-state index contributed by atoms with van der Waals surface area (Å²) in [5, 5.41) is 3.23. The molecule has 184 valence electrons. The van der Waals surface area contributed by atoms with Crippen LogP contribution in [0.3, 0.4) is 0 Å². The molecule has 0 bridgehead atoms. The summed E-state index contributed by atoms with van der Waals surface area (Å²) in [7, 11) is 0. The van der Waals surface area contributed by atoms with Crippen LogP contribution in [-0.2, 0) is 16.2 Å². The minimum absolute atomic E-state index is 0.181. The normalized spacial score (nSPS) is 14.7. The molecular weight excluding hydrogens is 503 g/mol. The SMILES string of the molecule is CCOc1cc(C=C2C(=O)NC(=O)N(c3ccc(C)cc3)C2=O)ccc1OCc1ccc(Cl)cc1Cl. The van der Waals surface area contributed by atoms with Gasteiger partial charge in [-0.2, -0.15) is 0 Å². The van der Waals surface area contributed by atoms with Crippen LogP contribution in [0.5, 0.6) is 11.5 Å². The number of rotatable bonds is 7. The number of anilines is 1. The van der Waals surface area contributed by atoms with Gasteiger partial charge in [-0.1, -0.05) is 53.0 Å². The Morgan fingerprint density at radius 2 is 1.67 bits per heavy atom. The van der Waals surface area contributed by atoms with Gasteiger partial charge in [-0.3, -0.25) is 14.9 Å². The Kier molecular flexibility index (Phi) is 7.62. The predicted octanol–water partition coefficient (Wildman–Crippen LogP) is 5.95. The topological polar surface area (TPSA) is 84.9 Å². The van der Waals surface area contributed by atoms with Gasteiger partial charge in [0.1, 0.15) is 12.2 Å². The van der Waals surface area contributed by atoms with E-state index in [2.05, 4.69) is 5.32 Å². The highest BCUT2D eigenvalue weighted by Crippen LogP contribution is 2.32. The standard InChI is InChI=1S/C27H22Cl2N2O5/c1-3-35-24-13-17(6-11-23(24)36-15-18-7-8-19(28)14-22(18)29)12-21-25(32)30-27(34)31(26(21)33)20-9-4-16(2)5-10-20/h4-14H,3,15H2,1-2H3,(H,30,32,34). The number of barbiturate groups is 1. The number of carbonyl (C=O) groups excluding carboxylic acids is 3. The molecule has 1 aliphatic rings. The maximum Gasteiger partial charge on any atom is 0.335 e. The number of hydrogen-bond acceptors (Lipinski definition) is 5. The summed E-state index contributed by atoms with van der Waals surface area (Å²) in [4.78, 5) is 39.0. The fraction of sp³-hybridized carbons (Fsp3) is 0.148. The maximum absolute atomic E-state index is 13.1. The first-order valence-electron chi connectivity index (χ1n) is 11.1. The first kappa shape index (κ1) is 25.3. The fourth-order valence-corrected chi connectivity index (χ4v) is 4.01. The average Bonchev–Trinajstić information content (AvgIpc) is 2.83. The smallest absolute Gasteiger partial charge is 0.335 e. The lowest BCUT2D eigenvalue weighted by Crippen LogP contribution is -2.54. The number of halogens is 2. The Morgan fingerprint density at radius 1 is 0.917 bits per heavy atom. The summed E-state index contributed by atoms with van der Waals surface area (Å²) >= 11 is 12.2. The van der Waals surface area contributed by atoms with Crippen LogP contribution >= 0.6 is 23.2 Å². The molecule has 1 fully saturated rings. The lowest BCUT2D eigenvalue weighted by atomic mass is 10.1. The molecule has 1 heterocycles. The van der Waals surface area contributed by atoms with E-state index in [1.807, 2.05) is 13.8 Å². The zero-order chi connectivity index (χ0) is 25.8. The summed E-state index contributed by atoms with van der Waals surface area (Å²) in [5.74, 6) is -0.611. The summed E-state index contributed by atoms with van der Waals surface area (Å²) in [6.07, 6.45) is 1.41. The molecule has 4 amide bonds. The first-order chi connectivity index (χ1) is 17.3. The average molecular weight is 525 g/mol. The van der Waals surface area contributed by atoms with Gasteiger partial charge in [-0.15, -0.1) is 0 Å². The molecular formula is C27H22Cl2N2O5. The Bertz CT molecular complexity index is 1370. The molecule has 7 nitrogen and oxygen atoms in total. The molecule has 0 aromatic heterocycles. The zero-order valence-electron chi connectivity index (χ0n) is 19.5. The number of ether oxygens (including phenoxy) is 2. The van der Waals surface area contributed by atoms with Gasteiger partial charge >= 0.3 is 6.03 Å². The highest BCUT2D eigenvalue weighted by atomic mass is 35.5. The quantitative estimate of drug-likeness (QED) is 0.305. The fourth-order valence-electron chi connectivity index (χ4n) is 3.55. The van der Waals surface area contributed by atoms with Gasteiger partial charge in [0, 0.05) is 15.6 Å². The number of nitrogens with zero attached hydrogens (tertiary/aromatic N) is 1. The molecule has 4 rings (SSSR count). The number of hydrogen-bond donors (Lipinski definition) is 1. The van der Waals surface area contributed by atoms with Crippen LogP contribution < -0.4 is 19.7 Å². The van der Waals surface area contributed by atoms with Gasteiger partial charge in [0.15, 0.2) is 11.5 Å². The molecule has 0 saturated carbocycles. The van der Waals surface area contributed by atoms with Crippen molar-refractivity contribution < 1.29 is 23.9 Å². The van der Waals surface area contributed by atoms with Crippen LogP contribution in [0.25, 0.3) is 6.08 Å². The van der Waals surface area contributed by atoms with Crippen molar-refractivity contribution in [3.8, 4) is 11.5 Å². The van der Waals surface area contributed by atoms with Crippen LogP contribution in [0.1, 0.15) is 23.6 Å². The zero-order valence-corrected chi connectivity index (χ0v) is 21.0. The molecule has 0 aliphatic carbocycles. The Labute approximate surface area is 218 Å². The summed E-state index contributed by atoms with van der Waals surface area (Å²) in [6.45, 7) is 4.27. The highest BCUT2D eigenvalue weighted by molar-refractivity contribution is 6.39. The molecule has 3 aromatic carbocycles. The predicted molar refractivity (Wildman–Crippen MR) is 139 cm³/mol. The summed E-state index contributed by atoms with van der Waals surface area (Å²) in [5.41, 5.74) is 2.42. The second kappa shape index (κ2) is 10.8. The van der Waals surface area contributed by atoms with Crippen molar-refractivity contribution in [2.45, 2.75) is 20.5 Å². The van der Waals surface area contributed by atoms with E-state index in [0.29, 0.717) is 39.4 Å². The lowest BCUT2D eigenvalue weighted by molar-refractivity contribution is -0.122. The minimum Gasteiger partial charge on any atom is -0.490 e. The molecule has 1 aliphatic heterocycles. The van der Waals surface area contributed by atoms with Gasteiger partial charge < -0.3 is 9.47 Å². The minimum atomic E-state index is -0.800. The Hall–Kier alpha value is -3.81. The van der Waals surface area contributed by atoms with Crippen LogP contribution in [0.15, 0.2) is 66.2 Å². The Balaban J connectivity index is 1.61. The molecule has 1 saturated heterocycles. The Morgan fingerprint density at radius 3 is 2.36 bits per heavy atom. The first-order valence-corrected chi connectivity index (χ1v) is 11.8. The van der Waals surface area contributed by atoms with E-state index < -0.39 is 17.8 Å². The molecule has 0 radical (unpaired) electrons. The van der Waals surface area contributed by atoms with E-state index in [4.69, 9.17) is 32.7 Å². The molecule has 0 unspecified atom stereocenters. The van der Waals surface area contributed by atoms with Crippen LogP contribution in [0.2, 0.25) is 10.0 Å². The van der Waals surface area contributed by atoms with Crippen molar-refractivity contribution in [2.24, 2.45) is 0 Å². The number of aryl methyl sites for hydroxylation is 1. The van der Waals surface area contributed by atoms with Gasteiger partial charge in [-0.25, -0.2) is 9.69 Å². The highest BCUT2D eigenvalue weighted by Gasteiger charge is 2.36. The third-order valence-electron chi connectivity index (χ3n) is 5.37. The molecule has 9 heteroatoms. The van der Waals surface area contributed by atoms with Crippen molar-refractivity contribution in [2.75, 3.05) is 11.5 Å². The number of carbonyl (C=O) groups is 3. The molecule has 0 spiro atoms. The van der Waals surface area contributed by atoms with E-state index >= 15 is 0 Å².